The van der Waals surface area contributed by atoms with Crippen LogP contribution in [-0.4, -0.2) is 5.97 Å². The van der Waals surface area contributed by atoms with Crippen molar-refractivity contribution in [2.45, 2.75) is 27.4 Å². The summed E-state index contributed by atoms with van der Waals surface area (Å²) in [7, 11) is 0. The lowest BCUT2D eigenvalue weighted by molar-refractivity contribution is -0.132. The molecular formula is C24H20O6. The molecule has 2 aromatic carbocycles. The minimum Gasteiger partial charge on any atom is -0.488 e. The molecule has 0 atom stereocenters. The van der Waals surface area contributed by atoms with Gasteiger partial charge in [-0.1, -0.05) is 36.4 Å². The van der Waals surface area contributed by atoms with Gasteiger partial charge < -0.3 is 18.3 Å². The van der Waals surface area contributed by atoms with E-state index < -0.39 is 11.6 Å². The van der Waals surface area contributed by atoms with E-state index in [2.05, 4.69) is 0 Å². The Labute approximate surface area is 172 Å². The maximum atomic E-state index is 12.3. The maximum Gasteiger partial charge on any atom is 0.343 e. The second-order valence-corrected chi connectivity index (χ2v) is 6.94. The van der Waals surface area contributed by atoms with Crippen LogP contribution in [0.15, 0.2) is 68.2 Å². The Bertz CT molecular complexity index is 1280. The lowest BCUT2D eigenvalue weighted by atomic mass is 10.1. The van der Waals surface area contributed by atoms with Gasteiger partial charge in [-0.05, 0) is 37.6 Å². The van der Waals surface area contributed by atoms with Crippen LogP contribution in [-0.2, 0) is 11.4 Å². The van der Waals surface area contributed by atoms with Crippen LogP contribution in [0, 0.1) is 13.8 Å². The Hall–Kier alpha value is -3.80. The molecule has 0 bridgehead atoms. The summed E-state index contributed by atoms with van der Waals surface area (Å²) < 4.78 is 22.6. The largest absolute Gasteiger partial charge is 0.488 e. The van der Waals surface area contributed by atoms with Gasteiger partial charge in [0.15, 0.2) is 11.5 Å². The molecule has 4 rings (SSSR count). The van der Waals surface area contributed by atoms with Crippen LogP contribution in [0.3, 0.4) is 0 Å². The number of furan rings is 1. The highest BCUT2D eigenvalue weighted by Crippen LogP contribution is 2.37. The zero-order valence-electron chi connectivity index (χ0n) is 16.9. The first-order chi connectivity index (χ1) is 14.4. The molecular weight excluding hydrogens is 384 g/mol. The van der Waals surface area contributed by atoms with Gasteiger partial charge in [0.05, 0.1) is 10.9 Å². The third-order valence-corrected chi connectivity index (χ3v) is 4.75. The second-order valence-electron chi connectivity index (χ2n) is 6.94. The second kappa shape index (κ2) is 7.91. The minimum atomic E-state index is -0.590. The molecule has 2 aromatic heterocycles. The number of fused-ring (bicyclic) bond motifs is 1. The molecule has 0 N–H and O–H groups in total. The molecule has 0 aliphatic heterocycles. The van der Waals surface area contributed by atoms with Crippen LogP contribution in [0.2, 0.25) is 0 Å². The van der Waals surface area contributed by atoms with Gasteiger partial charge in [0, 0.05) is 12.5 Å². The molecule has 0 saturated heterocycles. The molecule has 6 nitrogen and oxygen atoms in total. The first-order valence-electron chi connectivity index (χ1n) is 9.46. The van der Waals surface area contributed by atoms with Gasteiger partial charge in [0.25, 0.3) is 0 Å². The summed E-state index contributed by atoms with van der Waals surface area (Å²) in [5, 5.41) is 0.750. The fourth-order valence-electron chi connectivity index (χ4n) is 3.26. The molecule has 6 heteroatoms. The van der Waals surface area contributed by atoms with Crippen LogP contribution in [0.25, 0.3) is 22.5 Å². The number of esters is 1. The fraction of sp³-hybridized carbons (Fsp3) is 0.167. The highest BCUT2D eigenvalue weighted by atomic mass is 16.5. The molecule has 0 radical (unpaired) electrons. The van der Waals surface area contributed by atoms with Crippen LogP contribution in [0.5, 0.6) is 11.5 Å². The van der Waals surface area contributed by atoms with Crippen molar-refractivity contribution in [3.63, 3.8) is 0 Å². The predicted molar refractivity (Wildman–Crippen MR) is 112 cm³/mol. The van der Waals surface area contributed by atoms with Gasteiger partial charge in [-0.3, -0.25) is 4.79 Å². The summed E-state index contributed by atoms with van der Waals surface area (Å²) in [5.41, 5.74) is 1.78. The standard InChI is InChI=1S/C24H20O6/c1-14-22(28-16(3)25)15(2)24(26)30-23(14)21-12-18-19(10-7-11-20(18)29-21)27-13-17-8-5-4-6-9-17/h4-12H,13H2,1-3H3. The van der Waals surface area contributed by atoms with Crippen molar-refractivity contribution in [3.05, 3.63) is 81.7 Å². The molecule has 152 valence electrons. The molecule has 2 heterocycles. The molecule has 0 fully saturated rings. The number of rotatable bonds is 5. The minimum absolute atomic E-state index is 0.190. The molecule has 0 aliphatic rings. The summed E-state index contributed by atoms with van der Waals surface area (Å²) in [6, 6.07) is 17.1. The van der Waals surface area contributed by atoms with Crippen molar-refractivity contribution >= 4 is 16.9 Å². The van der Waals surface area contributed by atoms with Crippen LogP contribution in [0.1, 0.15) is 23.6 Å². The number of hydrogen-bond acceptors (Lipinski definition) is 6. The Morgan fingerprint density at radius 1 is 0.967 bits per heavy atom. The van der Waals surface area contributed by atoms with Gasteiger partial charge in [0.1, 0.15) is 23.7 Å². The summed E-state index contributed by atoms with van der Waals surface area (Å²) >= 11 is 0. The fourth-order valence-corrected chi connectivity index (χ4v) is 3.26. The van der Waals surface area contributed by atoms with E-state index in [1.807, 2.05) is 48.5 Å². The van der Waals surface area contributed by atoms with E-state index in [1.54, 1.807) is 19.9 Å². The number of ether oxygens (including phenoxy) is 2. The van der Waals surface area contributed by atoms with Crippen molar-refractivity contribution < 1.29 is 23.1 Å². The van der Waals surface area contributed by atoms with Crippen molar-refractivity contribution in [2.75, 3.05) is 0 Å². The zero-order valence-corrected chi connectivity index (χ0v) is 16.9. The summed E-state index contributed by atoms with van der Waals surface area (Å²) in [4.78, 5) is 23.7. The quantitative estimate of drug-likeness (QED) is 0.427. The number of carbonyl (C=O) groups is 1. The molecule has 0 amide bonds. The average Bonchev–Trinajstić information content (AvgIpc) is 3.17. The van der Waals surface area contributed by atoms with Crippen molar-refractivity contribution in [3.8, 4) is 23.0 Å². The Balaban J connectivity index is 1.75. The van der Waals surface area contributed by atoms with Crippen LogP contribution in [0.4, 0.5) is 0 Å². The zero-order chi connectivity index (χ0) is 21.3. The Morgan fingerprint density at radius 3 is 2.47 bits per heavy atom. The highest BCUT2D eigenvalue weighted by molar-refractivity contribution is 5.88. The molecule has 0 unspecified atom stereocenters. The SMILES string of the molecule is CC(=O)Oc1c(C)c(-c2cc3c(OCc4ccccc4)cccc3o2)oc(=O)c1C. The number of carbonyl (C=O) groups excluding carboxylic acids is 1. The van der Waals surface area contributed by atoms with E-state index >= 15 is 0 Å². The lowest BCUT2D eigenvalue weighted by Gasteiger charge is -2.10. The summed E-state index contributed by atoms with van der Waals surface area (Å²) in [6.07, 6.45) is 0. The Morgan fingerprint density at radius 2 is 1.73 bits per heavy atom. The van der Waals surface area contributed by atoms with Crippen molar-refractivity contribution in [1.82, 2.24) is 0 Å². The molecule has 0 aliphatic carbocycles. The lowest BCUT2D eigenvalue weighted by Crippen LogP contribution is -2.12. The number of hydrogen-bond donors (Lipinski definition) is 0. The highest BCUT2D eigenvalue weighted by Gasteiger charge is 2.21. The molecule has 4 aromatic rings. The molecule has 0 spiro atoms. The Kier molecular flexibility index (Phi) is 5.14. The van der Waals surface area contributed by atoms with E-state index in [0.717, 1.165) is 10.9 Å². The van der Waals surface area contributed by atoms with Gasteiger partial charge in [-0.15, -0.1) is 0 Å². The van der Waals surface area contributed by atoms with Gasteiger partial charge in [-0.2, -0.15) is 0 Å². The van der Waals surface area contributed by atoms with Crippen LogP contribution < -0.4 is 15.1 Å². The normalized spacial score (nSPS) is 10.9. The van der Waals surface area contributed by atoms with Crippen LogP contribution >= 0.6 is 0 Å². The third kappa shape index (κ3) is 3.72. The maximum absolute atomic E-state index is 12.3. The topological polar surface area (TPSA) is 78.9 Å². The first-order valence-corrected chi connectivity index (χ1v) is 9.46. The van der Waals surface area contributed by atoms with Crippen molar-refractivity contribution in [1.29, 1.82) is 0 Å². The van der Waals surface area contributed by atoms with Crippen molar-refractivity contribution in [2.24, 2.45) is 0 Å². The first kappa shape index (κ1) is 19.5. The van der Waals surface area contributed by atoms with Gasteiger partial charge in [0.2, 0.25) is 0 Å². The van der Waals surface area contributed by atoms with Gasteiger partial charge >= 0.3 is 11.6 Å². The number of benzene rings is 2. The molecule has 0 saturated carbocycles. The smallest absolute Gasteiger partial charge is 0.343 e. The molecule has 30 heavy (non-hydrogen) atoms. The van der Waals surface area contributed by atoms with E-state index in [0.29, 0.717) is 29.3 Å². The van der Waals surface area contributed by atoms with E-state index in [-0.39, 0.29) is 17.1 Å². The third-order valence-electron chi connectivity index (χ3n) is 4.75. The average molecular weight is 404 g/mol. The predicted octanol–water partition coefficient (Wildman–Crippen LogP) is 5.17. The monoisotopic (exact) mass is 404 g/mol. The van der Waals surface area contributed by atoms with E-state index in [1.165, 1.54) is 6.92 Å². The van der Waals surface area contributed by atoms with E-state index in [4.69, 9.17) is 18.3 Å². The van der Waals surface area contributed by atoms with Gasteiger partial charge in [-0.25, -0.2) is 4.79 Å². The van der Waals surface area contributed by atoms with E-state index in [9.17, 15) is 9.59 Å². The summed E-state index contributed by atoms with van der Waals surface area (Å²) in [5.74, 6) is 0.892. The summed E-state index contributed by atoms with van der Waals surface area (Å²) in [6.45, 7) is 4.96.